The molecule has 0 radical (unpaired) electrons. The van der Waals surface area contributed by atoms with E-state index in [0.29, 0.717) is 0 Å². The van der Waals surface area contributed by atoms with Crippen molar-refractivity contribution in [3.8, 4) is 6.07 Å². The van der Waals surface area contributed by atoms with E-state index in [1.165, 1.54) is 0 Å². The molecular weight excluding hydrogens is 299 g/mol. The van der Waals surface area contributed by atoms with Gasteiger partial charge in [0.15, 0.2) is 0 Å². The number of hydrogen-bond donors (Lipinski definition) is 0. The van der Waals surface area contributed by atoms with Crippen LogP contribution in [0.4, 0.5) is 4.39 Å². The molecule has 1 aromatic carbocycles. The summed E-state index contributed by atoms with van der Waals surface area (Å²) in [6.45, 7) is 2.92. The molecule has 0 N–H and O–H groups in total. The monoisotopic (exact) mass is 314 g/mol. The molecule has 0 fully saturated rings. The van der Waals surface area contributed by atoms with E-state index in [-0.39, 0.29) is 23.6 Å². The second-order valence-corrected chi connectivity index (χ2v) is 5.93. The maximum Gasteiger partial charge on any atom is 0.321 e. The lowest BCUT2D eigenvalue weighted by Gasteiger charge is -2.19. The summed E-state index contributed by atoms with van der Waals surface area (Å²) in [5.74, 6) is -1.48. The van der Waals surface area contributed by atoms with E-state index in [1.54, 1.807) is 19.9 Å². The molecular formula is C13H15FN2O4S. The highest BCUT2D eigenvalue weighted by Crippen LogP contribution is 2.18. The molecule has 114 valence electrons. The summed E-state index contributed by atoms with van der Waals surface area (Å²) in [5, 5.41) is 8.75. The molecule has 0 atom stereocenters. The highest BCUT2D eigenvalue weighted by atomic mass is 32.2. The summed E-state index contributed by atoms with van der Waals surface area (Å²) in [5.41, 5.74) is -0.372. The van der Waals surface area contributed by atoms with Crippen molar-refractivity contribution in [2.24, 2.45) is 0 Å². The van der Waals surface area contributed by atoms with Gasteiger partial charge in [0.25, 0.3) is 0 Å². The third-order valence-electron chi connectivity index (χ3n) is 2.66. The number of likely N-dealkylation sites (N-methyl/N-ethyl adjacent to an activating group) is 1. The predicted molar refractivity (Wildman–Crippen MR) is 72.2 cm³/mol. The number of halogens is 1. The third kappa shape index (κ3) is 4.00. The quantitative estimate of drug-likeness (QED) is 0.738. The van der Waals surface area contributed by atoms with E-state index in [2.05, 4.69) is 0 Å². The van der Waals surface area contributed by atoms with Crippen LogP contribution in [0.15, 0.2) is 23.1 Å². The molecule has 0 amide bonds. The van der Waals surface area contributed by atoms with Crippen molar-refractivity contribution in [3.05, 3.63) is 29.6 Å². The van der Waals surface area contributed by atoms with Gasteiger partial charge in [-0.15, -0.1) is 0 Å². The first-order valence-electron chi connectivity index (χ1n) is 6.22. The highest BCUT2D eigenvalue weighted by molar-refractivity contribution is 7.89. The Hall–Kier alpha value is -1.98. The van der Waals surface area contributed by atoms with Crippen molar-refractivity contribution in [1.82, 2.24) is 4.31 Å². The Morgan fingerprint density at radius 1 is 1.43 bits per heavy atom. The fourth-order valence-corrected chi connectivity index (χ4v) is 3.04. The van der Waals surface area contributed by atoms with Crippen LogP contribution >= 0.6 is 0 Å². The van der Waals surface area contributed by atoms with Crippen LogP contribution in [0.5, 0.6) is 0 Å². The molecule has 0 saturated carbocycles. The Labute approximate surface area is 122 Å². The number of esters is 1. The van der Waals surface area contributed by atoms with E-state index in [4.69, 9.17) is 10.00 Å². The largest absolute Gasteiger partial charge is 0.465 e. The molecule has 0 unspecified atom stereocenters. The van der Waals surface area contributed by atoms with Crippen molar-refractivity contribution in [2.75, 3.05) is 19.7 Å². The molecule has 21 heavy (non-hydrogen) atoms. The molecule has 0 bridgehead atoms. The van der Waals surface area contributed by atoms with Crippen LogP contribution in [0.25, 0.3) is 0 Å². The first-order chi connectivity index (χ1) is 9.86. The van der Waals surface area contributed by atoms with E-state index in [9.17, 15) is 17.6 Å². The van der Waals surface area contributed by atoms with Gasteiger partial charge in [0, 0.05) is 6.54 Å². The number of rotatable bonds is 6. The van der Waals surface area contributed by atoms with Gasteiger partial charge in [0.1, 0.15) is 18.4 Å². The van der Waals surface area contributed by atoms with Crippen LogP contribution < -0.4 is 0 Å². The lowest BCUT2D eigenvalue weighted by Crippen LogP contribution is -2.36. The molecule has 0 aliphatic carbocycles. The van der Waals surface area contributed by atoms with E-state index >= 15 is 0 Å². The first kappa shape index (κ1) is 17.1. The fourth-order valence-electron chi connectivity index (χ4n) is 1.62. The van der Waals surface area contributed by atoms with Gasteiger partial charge in [-0.1, -0.05) is 6.92 Å². The van der Waals surface area contributed by atoms with Crippen LogP contribution in [0, 0.1) is 17.1 Å². The molecule has 6 nitrogen and oxygen atoms in total. The number of benzene rings is 1. The molecule has 0 aromatic heterocycles. The second kappa shape index (κ2) is 7.15. The average molecular weight is 314 g/mol. The van der Waals surface area contributed by atoms with Gasteiger partial charge in [-0.3, -0.25) is 4.79 Å². The number of ether oxygens (including phenoxy) is 1. The number of sulfonamides is 1. The lowest BCUT2D eigenvalue weighted by atomic mass is 10.2. The Balaban J connectivity index is 3.13. The summed E-state index contributed by atoms with van der Waals surface area (Å²) in [4.78, 5) is 11.2. The van der Waals surface area contributed by atoms with Crippen molar-refractivity contribution < 1.29 is 22.3 Å². The van der Waals surface area contributed by atoms with E-state index < -0.39 is 28.4 Å². The van der Waals surface area contributed by atoms with Crippen molar-refractivity contribution in [3.63, 3.8) is 0 Å². The molecule has 0 saturated heterocycles. The van der Waals surface area contributed by atoms with Crippen LogP contribution in [-0.4, -0.2) is 38.4 Å². The normalized spacial score (nSPS) is 11.2. The number of nitriles is 1. The van der Waals surface area contributed by atoms with E-state index in [0.717, 1.165) is 22.5 Å². The summed E-state index contributed by atoms with van der Waals surface area (Å²) < 4.78 is 43.6. The molecule has 0 aliphatic heterocycles. The minimum absolute atomic E-state index is 0.0421. The molecule has 1 rings (SSSR count). The number of carbonyl (C=O) groups excluding carboxylic acids is 1. The van der Waals surface area contributed by atoms with Gasteiger partial charge < -0.3 is 4.74 Å². The van der Waals surface area contributed by atoms with Gasteiger partial charge in [-0.25, -0.2) is 12.8 Å². The first-order valence-corrected chi connectivity index (χ1v) is 7.66. The lowest BCUT2D eigenvalue weighted by molar-refractivity contribution is -0.143. The Bertz CT molecular complexity index is 667. The van der Waals surface area contributed by atoms with Crippen molar-refractivity contribution in [2.45, 2.75) is 18.7 Å². The molecule has 8 heteroatoms. The SMILES string of the molecule is CCOC(=O)CN(CC)S(=O)(=O)c1ccc(F)c(C#N)c1. The van der Waals surface area contributed by atoms with Crippen LogP contribution in [0.2, 0.25) is 0 Å². The fraction of sp³-hybridized carbons (Fsp3) is 0.385. The molecule has 0 heterocycles. The zero-order valence-corrected chi connectivity index (χ0v) is 12.5. The van der Waals surface area contributed by atoms with Gasteiger partial charge in [0.05, 0.1) is 17.1 Å². The average Bonchev–Trinajstić information content (AvgIpc) is 2.45. The van der Waals surface area contributed by atoms with Crippen LogP contribution in [0.1, 0.15) is 19.4 Å². The van der Waals surface area contributed by atoms with Crippen LogP contribution in [0.3, 0.4) is 0 Å². The summed E-state index contributed by atoms with van der Waals surface area (Å²) >= 11 is 0. The predicted octanol–water partition coefficient (Wildman–Crippen LogP) is 1.27. The van der Waals surface area contributed by atoms with E-state index in [1.807, 2.05) is 0 Å². The van der Waals surface area contributed by atoms with Gasteiger partial charge >= 0.3 is 5.97 Å². The number of carbonyl (C=O) groups is 1. The third-order valence-corrected chi connectivity index (χ3v) is 4.58. The zero-order valence-electron chi connectivity index (χ0n) is 11.7. The summed E-state index contributed by atoms with van der Waals surface area (Å²) in [7, 11) is -4.00. The number of hydrogen-bond acceptors (Lipinski definition) is 5. The molecule has 0 spiro atoms. The summed E-state index contributed by atoms with van der Waals surface area (Å²) in [6.07, 6.45) is 0. The maximum absolute atomic E-state index is 13.2. The van der Waals surface area contributed by atoms with Crippen molar-refractivity contribution >= 4 is 16.0 Å². The Morgan fingerprint density at radius 2 is 2.10 bits per heavy atom. The van der Waals surface area contributed by atoms with Crippen LogP contribution in [-0.2, 0) is 19.6 Å². The zero-order chi connectivity index (χ0) is 16.0. The molecule has 1 aromatic rings. The summed E-state index contributed by atoms with van der Waals surface area (Å²) in [6, 6.07) is 4.48. The topological polar surface area (TPSA) is 87.5 Å². The Morgan fingerprint density at radius 3 is 2.62 bits per heavy atom. The standard InChI is InChI=1S/C13H15FN2O4S/c1-3-16(9-13(17)20-4-2)21(18,19)11-5-6-12(14)10(7-11)8-15/h5-7H,3-4,9H2,1-2H3. The van der Waals surface area contributed by atoms with Gasteiger partial charge in [-0.2, -0.15) is 9.57 Å². The molecule has 0 aliphatic rings. The Kier molecular flexibility index (Phi) is 5.81. The van der Waals surface area contributed by atoms with Gasteiger partial charge in [-0.05, 0) is 25.1 Å². The maximum atomic E-state index is 13.2. The van der Waals surface area contributed by atoms with Crippen molar-refractivity contribution in [1.29, 1.82) is 5.26 Å². The minimum Gasteiger partial charge on any atom is -0.465 e. The van der Waals surface area contributed by atoms with Gasteiger partial charge in [0.2, 0.25) is 10.0 Å². The smallest absolute Gasteiger partial charge is 0.321 e. The highest BCUT2D eigenvalue weighted by Gasteiger charge is 2.26. The minimum atomic E-state index is -4.00. The second-order valence-electron chi connectivity index (χ2n) is 3.99. The number of nitrogens with zero attached hydrogens (tertiary/aromatic N) is 2.